The molecule has 0 saturated carbocycles. The lowest BCUT2D eigenvalue weighted by Crippen LogP contribution is -2.15. The highest BCUT2D eigenvalue weighted by Gasteiger charge is 2.21. The standard InChI is InChI=1S/C27H27ClN4O2S/c1-18(2)20-9-15-24(16-10-20)34-19(3)26-30-31-27(32(26)23-7-5-4-6-8-23)35-17-25(33)29-22-13-11-21(28)12-14-22/h4-16,18-19H,17H2,1-3H3,(H,29,33). The van der Waals surface area contributed by atoms with Gasteiger partial charge in [-0.3, -0.25) is 9.36 Å². The Morgan fingerprint density at radius 2 is 1.66 bits per heavy atom. The highest BCUT2D eigenvalue weighted by Crippen LogP contribution is 2.29. The first-order chi connectivity index (χ1) is 16.9. The second-order valence-electron chi connectivity index (χ2n) is 8.34. The number of halogens is 1. The molecule has 0 aliphatic carbocycles. The molecule has 4 aromatic rings. The van der Waals surface area contributed by atoms with Crippen LogP contribution in [0.2, 0.25) is 5.02 Å². The summed E-state index contributed by atoms with van der Waals surface area (Å²) in [5.74, 6) is 1.92. The lowest BCUT2D eigenvalue weighted by atomic mass is 10.0. The lowest BCUT2D eigenvalue weighted by molar-refractivity contribution is -0.113. The Bertz CT molecular complexity index is 1260. The molecule has 35 heavy (non-hydrogen) atoms. The third-order valence-corrected chi connectivity index (χ3v) is 6.54. The SMILES string of the molecule is CC(C)c1ccc(OC(C)c2nnc(SCC(=O)Nc3ccc(Cl)cc3)n2-c2ccccc2)cc1. The molecular weight excluding hydrogens is 480 g/mol. The molecule has 0 aliphatic rings. The van der Waals surface area contributed by atoms with Crippen LogP contribution in [0.5, 0.6) is 5.75 Å². The van der Waals surface area contributed by atoms with Gasteiger partial charge in [0.25, 0.3) is 0 Å². The van der Waals surface area contributed by atoms with E-state index >= 15 is 0 Å². The van der Waals surface area contributed by atoms with Crippen LogP contribution in [-0.4, -0.2) is 26.4 Å². The fourth-order valence-corrected chi connectivity index (χ4v) is 4.39. The molecule has 0 saturated heterocycles. The Hall–Kier alpha value is -3.29. The molecule has 1 N–H and O–H groups in total. The molecule has 0 aliphatic heterocycles. The number of anilines is 1. The molecule has 0 fully saturated rings. The van der Waals surface area contributed by atoms with Crippen molar-refractivity contribution in [1.29, 1.82) is 0 Å². The topological polar surface area (TPSA) is 69.0 Å². The second-order valence-corrected chi connectivity index (χ2v) is 9.72. The number of hydrogen-bond acceptors (Lipinski definition) is 5. The number of amides is 1. The molecule has 4 rings (SSSR count). The Kier molecular flexibility index (Phi) is 8.10. The summed E-state index contributed by atoms with van der Waals surface area (Å²) in [6.07, 6.45) is -0.357. The summed E-state index contributed by atoms with van der Waals surface area (Å²) < 4.78 is 8.14. The second kappa shape index (κ2) is 11.4. The van der Waals surface area contributed by atoms with Crippen molar-refractivity contribution in [2.75, 3.05) is 11.1 Å². The van der Waals surface area contributed by atoms with Crippen LogP contribution in [-0.2, 0) is 4.79 Å². The number of nitrogens with zero attached hydrogens (tertiary/aromatic N) is 3. The molecule has 0 spiro atoms. The fourth-order valence-electron chi connectivity index (χ4n) is 3.51. The zero-order chi connectivity index (χ0) is 24.8. The van der Waals surface area contributed by atoms with E-state index in [1.54, 1.807) is 24.3 Å². The van der Waals surface area contributed by atoms with E-state index < -0.39 is 0 Å². The van der Waals surface area contributed by atoms with Crippen LogP contribution < -0.4 is 10.1 Å². The van der Waals surface area contributed by atoms with E-state index in [4.69, 9.17) is 16.3 Å². The van der Waals surface area contributed by atoms with Gasteiger partial charge in [0.05, 0.1) is 5.75 Å². The van der Waals surface area contributed by atoms with E-state index in [2.05, 4.69) is 41.5 Å². The average molecular weight is 507 g/mol. The van der Waals surface area contributed by atoms with Gasteiger partial charge in [-0.05, 0) is 66.9 Å². The molecule has 1 heterocycles. The summed E-state index contributed by atoms with van der Waals surface area (Å²) in [5, 5.41) is 12.9. The van der Waals surface area contributed by atoms with Crippen LogP contribution in [0.15, 0.2) is 84.0 Å². The van der Waals surface area contributed by atoms with Crippen LogP contribution in [0, 0.1) is 0 Å². The maximum atomic E-state index is 12.5. The van der Waals surface area contributed by atoms with Crippen LogP contribution in [0.1, 0.15) is 44.2 Å². The molecule has 1 aromatic heterocycles. The first kappa shape index (κ1) is 24.8. The quantitative estimate of drug-likeness (QED) is 0.250. The van der Waals surface area contributed by atoms with Crippen molar-refractivity contribution < 1.29 is 9.53 Å². The lowest BCUT2D eigenvalue weighted by Gasteiger charge is -2.17. The highest BCUT2D eigenvalue weighted by molar-refractivity contribution is 7.99. The van der Waals surface area contributed by atoms with Crippen molar-refractivity contribution in [2.45, 2.75) is 37.9 Å². The first-order valence-electron chi connectivity index (χ1n) is 11.4. The minimum absolute atomic E-state index is 0.143. The molecule has 0 radical (unpaired) electrons. The molecule has 6 nitrogen and oxygen atoms in total. The van der Waals surface area contributed by atoms with E-state index in [1.807, 2.05) is 54.0 Å². The summed E-state index contributed by atoms with van der Waals surface area (Å²) in [6, 6.07) is 24.9. The number of hydrogen-bond donors (Lipinski definition) is 1. The van der Waals surface area contributed by atoms with Crippen LogP contribution >= 0.6 is 23.4 Å². The number of nitrogens with one attached hydrogen (secondary N) is 1. The summed E-state index contributed by atoms with van der Waals surface area (Å²) in [5.41, 5.74) is 2.85. The van der Waals surface area contributed by atoms with E-state index in [-0.39, 0.29) is 17.8 Å². The Balaban J connectivity index is 1.51. The molecular formula is C27H27ClN4O2S. The van der Waals surface area contributed by atoms with Gasteiger partial charge in [0, 0.05) is 16.4 Å². The number of rotatable bonds is 9. The summed E-state index contributed by atoms with van der Waals surface area (Å²) in [4.78, 5) is 12.5. The van der Waals surface area contributed by atoms with Gasteiger partial charge in [0.1, 0.15) is 5.75 Å². The van der Waals surface area contributed by atoms with Gasteiger partial charge in [-0.25, -0.2) is 0 Å². The van der Waals surface area contributed by atoms with Gasteiger partial charge < -0.3 is 10.1 Å². The number of ether oxygens (including phenoxy) is 1. The van der Waals surface area contributed by atoms with Gasteiger partial charge in [-0.15, -0.1) is 10.2 Å². The Labute approximate surface area is 214 Å². The summed E-state index contributed by atoms with van der Waals surface area (Å²) in [7, 11) is 0. The Morgan fingerprint density at radius 3 is 2.31 bits per heavy atom. The van der Waals surface area contributed by atoms with Crippen molar-refractivity contribution in [3.8, 4) is 11.4 Å². The van der Waals surface area contributed by atoms with Crippen molar-refractivity contribution in [3.05, 3.63) is 95.3 Å². The van der Waals surface area contributed by atoms with Gasteiger partial charge in [0.2, 0.25) is 5.91 Å². The number of aromatic nitrogens is 3. The van der Waals surface area contributed by atoms with Crippen LogP contribution in [0.4, 0.5) is 5.69 Å². The predicted octanol–water partition coefficient (Wildman–Crippen LogP) is 6.91. The predicted molar refractivity (Wildman–Crippen MR) is 142 cm³/mol. The summed E-state index contributed by atoms with van der Waals surface area (Å²) >= 11 is 7.24. The smallest absolute Gasteiger partial charge is 0.234 e. The third-order valence-electron chi connectivity index (χ3n) is 5.36. The van der Waals surface area contributed by atoms with E-state index in [9.17, 15) is 4.79 Å². The molecule has 3 aromatic carbocycles. The van der Waals surface area contributed by atoms with E-state index in [1.165, 1.54) is 17.3 Å². The van der Waals surface area contributed by atoms with Gasteiger partial charge >= 0.3 is 0 Å². The first-order valence-corrected chi connectivity index (χ1v) is 12.7. The van der Waals surface area contributed by atoms with E-state index in [0.29, 0.717) is 27.6 Å². The number of benzene rings is 3. The normalized spacial score (nSPS) is 11.9. The molecule has 1 atom stereocenters. The zero-order valence-corrected chi connectivity index (χ0v) is 21.4. The van der Waals surface area contributed by atoms with Gasteiger partial charge in [-0.1, -0.05) is 67.5 Å². The monoisotopic (exact) mass is 506 g/mol. The van der Waals surface area contributed by atoms with E-state index in [0.717, 1.165) is 11.4 Å². The zero-order valence-electron chi connectivity index (χ0n) is 19.8. The maximum absolute atomic E-state index is 12.5. The maximum Gasteiger partial charge on any atom is 0.234 e. The van der Waals surface area contributed by atoms with Crippen molar-refractivity contribution in [3.63, 3.8) is 0 Å². The van der Waals surface area contributed by atoms with Crippen LogP contribution in [0.25, 0.3) is 5.69 Å². The molecule has 1 amide bonds. The third kappa shape index (κ3) is 6.44. The number of carbonyl (C=O) groups is 1. The summed E-state index contributed by atoms with van der Waals surface area (Å²) in [6.45, 7) is 6.27. The Morgan fingerprint density at radius 1 is 0.971 bits per heavy atom. The van der Waals surface area contributed by atoms with Gasteiger partial charge in [0.15, 0.2) is 17.1 Å². The number of thioether (sulfide) groups is 1. The highest BCUT2D eigenvalue weighted by atomic mass is 35.5. The molecule has 8 heteroatoms. The van der Waals surface area contributed by atoms with Crippen molar-refractivity contribution in [1.82, 2.24) is 14.8 Å². The molecule has 180 valence electrons. The van der Waals surface area contributed by atoms with Crippen molar-refractivity contribution >= 4 is 35.0 Å². The fraction of sp³-hybridized carbons (Fsp3) is 0.222. The molecule has 1 unspecified atom stereocenters. The minimum Gasteiger partial charge on any atom is -0.483 e. The molecule has 0 bridgehead atoms. The number of para-hydroxylation sites is 1. The van der Waals surface area contributed by atoms with Gasteiger partial charge in [-0.2, -0.15) is 0 Å². The van der Waals surface area contributed by atoms with Crippen LogP contribution in [0.3, 0.4) is 0 Å². The largest absolute Gasteiger partial charge is 0.483 e. The minimum atomic E-state index is -0.357. The van der Waals surface area contributed by atoms with Crippen molar-refractivity contribution in [2.24, 2.45) is 0 Å². The average Bonchev–Trinajstić information content (AvgIpc) is 3.29. The number of carbonyl (C=O) groups excluding carboxylic acids is 1.